The average molecular weight is 214 g/mol. The standard InChI is InChI=1S/C10H18N2OS/c1-3-12(5-4-9(11)14)10(13)8-6-7(8)2/h7-8H,3-6H2,1-2H3,(H2,11,14). The van der Waals surface area contributed by atoms with Gasteiger partial charge in [-0.1, -0.05) is 19.1 Å². The predicted octanol–water partition coefficient (Wildman–Crippen LogP) is 1.17. The minimum Gasteiger partial charge on any atom is -0.393 e. The highest BCUT2D eigenvalue weighted by Gasteiger charge is 2.40. The summed E-state index contributed by atoms with van der Waals surface area (Å²) in [5.74, 6) is 1.11. The van der Waals surface area contributed by atoms with Crippen LogP contribution in [0.1, 0.15) is 26.7 Å². The number of hydrogen-bond acceptors (Lipinski definition) is 2. The maximum Gasteiger partial charge on any atom is 0.225 e. The highest BCUT2D eigenvalue weighted by molar-refractivity contribution is 7.80. The van der Waals surface area contributed by atoms with E-state index in [2.05, 4.69) is 6.92 Å². The van der Waals surface area contributed by atoms with Crippen molar-refractivity contribution < 1.29 is 4.79 Å². The molecule has 14 heavy (non-hydrogen) atoms. The van der Waals surface area contributed by atoms with E-state index in [9.17, 15) is 4.79 Å². The number of carbonyl (C=O) groups excluding carboxylic acids is 1. The molecule has 2 atom stereocenters. The SMILES string of the molecule is CCN(CCC(N)=S)C(=O)C1CC1C. The fraction of sp³-hybridized carbons (Fsp3) is 0.800. The van der Waals surface area contributed by atoms with Crippen molar-refractivity contribution in [1.29, 1.82) is 0 Å². The Balaban J connectivity index is 2.37. The second kappa shape index (κ2) is 4.73. The molecule has 0 heterocycles. The molecule has 2 unspecified atom stereocenters. The minimum atomic E-state index is 0.265. The van der Waals surface area contributed by atoms with Crippen molar-refractivity contribution in [3.8, 4) is 0 Å². The van der Waals surface area contributed by atoms with E-state index < -0.39 is 0 Å². The van der Waals surface area contributed by atoms with Crippen molar-refractivity contribution >= 4 is 23.1 Å². The van der Waals surface area contributed by atoms with Gasteiger partial charge < -0.3 is 10.6 Å². The summed E-state index contributed by atoms with van der Waals surface area (Å²) in [7, 11) is 0. The Morgan fingerprint density at radius 1 is 1.64 bits per heavy atom. The Morgan fingerprint density at radius 3 is 2.57 bits per heavy atom. The highest BCUT2D eigenvalue weighted by atomic mass is 32.1. The van der Waals surface area contributed by atoms with Crippen LogP contribution in [0.4, 0.5) is 0 Å². The molecule has 3 nitrogen and oxygen atoms in total. The Morgan fingerprint density at radius 2 is 2.21 bits per heavy atom. The molecule has 0 radical (unpaired) electrons. The van der Waals surface area contributed by atoms with Crippen molar-refractivity contribution in [2.45, 2.75) is 26.7 Å². The molecule has 0 aromatic carbocycles. The third-order valence-corrected chi connectivity index (χ3v) is 2.95. The zero-order chi connectivity index (χ0) is 10.7. The van der Waals surface area contributed by atoms with Crippen molar-refractivity contribution in [3.63, 3.8) is 0 Å². The monoisotopic (exact) mass is 214 g/mol. The van der Waals surface area contributed by atoms with E-state index in [-0.39, 0.29) is 11.8 Å². The van der Waals surface area contributed by atoms with E-state index in [1.54, 1.807) is 0 Å². The van der Waals surface area contributed by atoms with Crippen molar-refractivity contribution in [1.82, 2.24) is 4.90 Å². The molecule has 80 valence electrons. The molecule has 0 spiro atoms. The molecule has 0 aromatic heterocycles. The topological polar surface area (TPSA) is 46.3 Å². The van der Waals surface area contributed by atoms with Crippen LogP contribution in [0.25, 0.3) is 0 Å². The number of hydrogen-bond donors (Lipinski definition) is 1. The summed E-state index contributed by atoms with van der Waals surface area (Å²) < 4.78 is 0. The second-order valence-corrected chi connectivity index (χ2v) is 4.48. The van der Waals surface area contributed by atoms with E-state index in [0.29, 0.717) is 23.9 Å². The van der Waals surface area contributed by atoms with Crippen molar-refractivity contribution in [3.05, 3.63) is 0 Å². The number of thiocarbonyl (C=S) groups is 1. The largest absolute Gasteiger partial charge is 0.393 e. The molecule has 1 aliphatic carbocycles. The minimum absolute atomic E-state index is 0.265. The van der Waals surface area contributed by atoms with Gasteiger partial charge in [0.15, 0.2) is 0 Å². The highest BCUT2D eigenvalue weighted by Crippen LogP contribution is 2.39. The van der Waals surface area contributed by atoms with Crippen molar-refractivity contribution in [2.75, 3.05) is 13.1 Å². The van der Waals surface area contributed by atoms with E-state index in [1.807, 2.05) is 11.8 Å². The zero-order valence-electron chi connectivity index (χ0n) is 8.82. The Bertz CT molecular complexity index is 242. The van der Waals surface area contributed by atoms with Crippen LogP contribution in [0.5, 0.6) is 0 Å². The van der Waals surface area contributed by atoms with Gasteiger partial charge in [0.25, 0.3) is 0 Å². The summed E-state index contributed by atoms with van der Waals surface area (Å²) in [5.41, 5.74) is 5.41. The van der Waals surface area contributed by atoms with Gasteiger partial charge in [0.1, 0.15) is 0 Å². The number of amides is 1. The summed E-state index contributed by atoms with van der Waals surface area (Å²) in [6.07, 6.45) is 1.68. The molecule has 1 rings (SSSR count). The maximum absolute atomic E-state index is 11.8. The van der Waals surface area contributed by atoms with Gasteiger partial charge in [-0.2, -0.15) is 0 Å². The first kappa shape index (κ1) is 11.4. The van der Waals surface area contributed by atoms with Gasteiger partial charge in [0, 0.05) is 25.4 Å². The van der Waals surface area contributed by atoms with Crippen LogP contribution in [0.2, 0.25) is 0 Å². The first-order valence-corrected chi connectivity index (χ1v) is 5.54. The van der Waals surface area contributed by atoms with Crippen LogP contribution < -0.4 is 5.73 Å². The summed E-state index contributed by atoms with van der Waals surface area (Å²) in [6, 6.07) is 0. The lowest BCUT2D eigenvalue weighted by molar-refractivity contribution is -0.132. The zero-order valence-corrected chi connectivity index (χ0v) is 9.64. The summed E-state index contributed by atoms with van der Waals surface area (Å²) >= 11 is 4.79. The number of rotatable bonds is 5. The molecule has 0 saturated heterocycles. The van der Waals surface area contributed by atoms with Crippen LogP contribution in [0.3, 0.4) is 0 Å². The van der Waals surface area contributed by atoms with Crippen LogP contribution in [-0.4, -0.2) is 28.9 Å². The lowest BCUT2D eigenvalue weighted by Crippen LogP contribution is -2.34. The lowest BCUT2D eigenvalue weighted by atomic mass is 10.2. The van der Waals surface area contributed by atoms with Gasteiger partial charge in [-0.05, 0) is 19.3 Å². The van der Waals surface area contributed by atoms with E-state index in [4.69, 9.17) is 18.0 Å². The molecule has 4 heteroatoms. The van der Waals surface area contributed by atoms with Gasteiger partial charge in [0.05, 0.1) is 4.99 Å². The molecule has 1 fully saturated rings. The van der Waals surface area contributed by atoms with Gasteiger partial charge in [-0.3, -0.25) is 4.79 Å². The quantitative estimate of drug-likeness (QED) is 0.699. The molecule has 0 aromatic rings. The fourth-order valence-corrected chi connectivity index (χ4v) is 1.66. The van der Waals surface area contributed by atoms with Gasteiger partial charge >= 0.3 is 0 Å². The summed E-state index contributed by atoms with van der Waals surface area (Å²) in [6.45, 7) is 5.53. The number of carbonyl (C=O) groups is 1. The molecule has 1 amide bonds. The first-order valence-electron chi connectivity index (χ1n) is 5.13. The third-order valence-electron chi connectivity index (χ3n) is 2.75. The molecule has 0 bridgehead atoms. The first-order chi connectivity index (χ1) is 6.56. The normalized spacial score (nSPS) is 24.4. The predicted molar refractivity (Wildman–Crippen MR) is 60.9 cm³/mol. The fourth-order valence-electron chi connectivity index (χ4n) is 1.57. The smallest absolute Gasteiger partial charge is 0.225 e. The van der Waals surface area contributed by atoms with Gasteiger partial charge in [-0.15, -0.1) is 0 Å². The molecular formula is C10H18N2OS. The Hall–Kier alpha value is -0.640. The molecule has 2 N–H and O–H groups in total. The third kappa shape index (κ3) is 2.94. The van der Waals surface area contributed by atoms with Crippen LogP contribution >= 0.6 is 12.2 Å². The van der Waals surface area contributed by atoms with Gasteiger partial charge in [-0.25, -0.2) is 0 Å². The maximum atomic E-state index is 11.8. The summed E-state index contributed by atoms with van der Waals surface area (Å²) in [4.78, 5) is 14.1. The molecule has 1 aliphatic rings. The van der Waals surface area contributed by atoms with E-state index in [1.165, 1.54) is 0 Å². The average Bonchev–Trinajstić information content (AvgIpc) is 2.83. The van der Waals surface area contributed by atoms with E-state index >= 15 is 0 Å². The lowest BCUT2D eigenvalue weighted by Gasteiger charge is -2.20. The Labute approximate surface area is 90.6 Å². The molecule has 1 saturated carbocycles. The second-order valence-electron chi connectivity index (χ2n) is 3.95. The van der Waals surface area contributed by atoms with Crippen LogP contribution in [-0.2, 0) is 4.79 Å². The van der Waals surface area contributed by atoms with E-state index in [0.717, 1.165) is 13.0 Å². The number of nitrogens with two attached hydrogens (primary N) is 1. The Kier molecular flexibility index (Phi) is 3.86. The van der Waals surface area contributed by atoms with Gasteiger partial charge in [0.2, 0.25) is 5.91 Å². The van der Waals surface area contributed by atoms with Crippen LogP contribution in [0.15, 0.2) is 0 Å². The molecular weight excluding hydrogens is 196 g/mol. The number of nitrogens with zero attached hydrogens (tertiary/aromatic N) is 1. The summed E-state index contributed by atoms with van der Waals surface area (Å²) in [5, 5.41) is 0. The molecule has 0 aliphatic heterocycles. The van der Waals surface area contributed by atoms with Crippen molar-refractivity contribution in [2.24, 2.45) is 17.6 Å². The van der Waals surface area contributed by atoms with Crippen LogP contribution in [0, 0.1) is 11.8 Å².